The molecular formula is C17H21FN2. The molecule has 0 saturated heterocycles. The van der Waals surface area contributed by atoms with Crippen molar-refractivity contribution in [1.29, 1.82) is 0 Å². The largest absolute Gasteiger partial charge is 0.384 e. The van der Waals surface area contributed by atoms with E-state index >= 15 is 0 Å². The smallest absolute Gasteiger partial charge is 0.125 e. The van der Waals surface area contributed by atoms with Crippen LogP contribution in [0.25, 0.3) is 0 Å². The standard InChI is InChI=1S/C17H21FN2/c1-14-6-3-4-7-15(14)13-20(2)11-10-19-17-9-5-8-16(18)12-17/h3-9,12,19H,10-11,13H2,1-2H3. The summed E-state index contributed by atoms with van der Waals surface area (Å²) in [6.07, 6.45) is 0. The summed E-state index contributed by atoms with van der Waals surface area (Å²) in [6, 6.07) is 15.0. The average molecular weight is 272 g/mol. The maximum atomic E-state index is 13.0. The number of benzene rings is 2. The molecule has 0 aliphatic heterocycles. The third-order valence-corrected chi connectivity index (χ3v) is 3.35. The van der Waals surface area contributed by atoms with Crippen LogP contribution in [0.5, 0.6) is 0 Å². The number of hydrogen-bond acceptors (Lipinski definition) is 2. The first kappa shape index (κ1) is 14.5. The Morgan fingerprint density at radius 3 is 2.65 bits per heavy atom. The van der Waals surface area contributed by atoms with Crippen LogP contribution in [0.1, 0.15) is 11.1 Å². The molecule has 2 rings (SSSR count). The summed E-state index contributed by atoms with van der Waals surface area (Å²) in [5.74, 6) is -0.205. The molecule has 2 aromatic rings. The summed E-state index contributed by atoms with van der Waals surface area (Å²) in [5.41, 5.74) is 3.49. The zero-order valence-electron chi connectivity index (χ0n) is 12.1. The van der Waals surface area contributed by atoms with Gasteiger partial charge in [-0.2, -0.15) is 0 Å². The van der Waals surface area contributed by atoms with E-state index in [1.54, 1.807) is 6.07 Å². The van der Waals surface area contributed by atoms with Gasteiger partial charge in [0.1, 0.15) is 5.82 Å². The Morgan fingerprint density at radius 2 is 1.90 bits per heavy atom. The summed E-state index contributed by atoms with van der Waals surface area (Å²) >= 11 is 0. The van der Waals surface area contributed by atoms with Crippen molar-refractivity contribution in [3.63, 3.8) is 0 Å². The molecule has 0 aliphatic carbocycles. The summed E-state index contributed by atoms with van der Waals surface area (Å²) in [5, 5.41) is 3.24. The molecule has 0 unspecified atom stereocenters. The van der Waals surface area contributed by atoms with E-state index in [0.29, 0.717) is 0 Å². The molecule has 0 radical (unpaired) electrons. The van der Waals surface area contributed by atoms with E-state index in [4.69, 9.17) is 0 Å². The van der Waals surface area contributed by atoms with Crippen LogP contribution in [0.4, 0.5) is 10.1 Å². The van der Waals surface area contributed by atoms with Crippen molar-refractivity contribution in [2.75, 3.05) is 25.5 Å². The Hall–Kier alpha value is -1.87. The number of nitrogens with zero attached hydrogens (tertiary/aromatic N) is 1. The van der Waals surface area contributed by atoms with Crippen molar-refractivity contribution in [3.8, 4) is 0 Å². The van der Waals surface area contributed by atoms with Crippen LogP contribution in [-0.4, -0.2) is 25.0 Å². The predicted octanol–water partition coefficient (Wildman–Crippen LogP) is 3.68. The molecule has 1 N–H and O–H groups in total. The fourth-order valence-corrected chi connectivity index (χ4v) is 2.15. The molecule has 0 amide bonds. The number of rotatable bonds is 6. The van der Waals surface area contributed by atoms with Crippen molar-refractivity contribution in [3.05, 3.63) is 65.5 Å². The monoisotopic (exact) mass is 272 g/mol. The first-order chi connectivity index (χ1) is 9.65. The van der Waals surface area contributed by atoms with Gasteiger partial charge < -0.3 is 10.2 Å². The molecule has 0 bridgehead atoms. The second-order valence-corrected chi connectivity index (χ2v) is 5.10. The minimum atomic E-state index is -0.205. The third-order valence-electron chi connectivity index (χ3n) is 3.35. The predicted molar refractivity (Wildman–Crippen MR) is 82.4 cm³/mol. The van der Waals surface area contributed by atoms with E-state index in [1.807, 2.05) is 6.07 Å². The number of anilines is 1. The van der Waals surface area contributed by atoms with Crippen LogP contribution in [0.2, 0.25) is 0 Å². The van der Waals surface area contributed by atoms with Gasteiger partial charge >= 0.3 is 0 Å². The summed E-state index contributed by atoms with van der Waals surface area (Å²) in [4.78, 5) is 2.26. The van der Waals surface area contributed by atoms with Gasteiger partial charge in [0.15, 0.2) is 0 Å². The molecular weight excluding hydrogens is 251 g/mol. The lowest BCUT2D eigenvalue weighted by Gasteiger charge is -2.18. The summed E-state index contributed by atoms with van der Waals surface area (Å²) in [6.45, 7) is 4.77. The lowest BCUT2D eigenvalue weighted by Crippen LogP contribution is -2.25. The van der Waals surface area contributed by atoms with Gasteiger partial charge in [-0.1, -0.05) is 30.3 Å². The van der Waals surface area contributed by atoms with Crippen molar-refractivity contribution >= 4 is 5.69 Å². The Bertz CT molecular complexity index is 554. The zero-order valence-corrected chi connectivity index (χ0v) is 12.1. The molecule has 2 nitrogen and oxygen atoms in total. The fourth-order valence-electron chi connectivity index (χ4n) is 2.15. The second-order valence-electron chi connectivity index (χ2n) is 5.10. The van der Waals surface area contributed by atoms with E-state index in [2.05, 4.69) is 48.5 Å². The highest BCUT2D eigenvalue weighted by Gasteiger charge is 2.02. The van der Waals surface area contributed by atoms with Crippen LogP contribution < -0.4 is 5.32 Å². The van der Waals surface area contributed by atoms with Gasteiger partial charge in [0.05, 0.1) is 0 Å². The van der Waals surface area contributed by atoms with Gasteiger partial charge in [-0.25, -0.2) is 4.39 Å². The maximum absolute atomic E-state index is 13.0. The van der Waals surface area contributed by atoms with E-state index in [1.165, 1.54) is 23.3 Å². The molecule has 2 aromatic carbocycles. The maximum Gasteiger partial charge on any atom is 0.125 e. The molecule has 3 heteroatoms. The van der Waals surface area contributed by atoms with Crippen molar-refractivity contribution in [1.82, 2.24) is 4.90 Å². The first-order valence-electron chi connectivity index (χ1n) is 6.87. The number of likely N-dealkylation sites (N-methyl/N-ethyl adjacent to an activating group) is 1. The first-order valence-corrected chi connectivity index (χ1v) is 6.87. The number of hydrogen-bond donors (Lipinski definition) is 1. The molecule has 106 valence electrons. The van der Waals surface area contributed by atoms with Crippen molar-refractivity contribution < 1.29 is 4.39 Å². The van der Waals surface area contributed by atoms with Crippen LogP contribution >= 0.6 is 0 Å². The molecule has 0 fully saturated rings. The number of aryl methyl sites for hydroxylation is 1. The lowest BCUT2D eigenvalue weighted by molar-refractivity contribution is 0.339. The summed E-state index contributed by atoms with van der Waals surface area (Å²) in [7, 11) is 2.10. The van der Waals surface area contributed by atoms with E-state index in [-0.39, 0.29) is 5.82 Å². The normalized spacial score (nSPS) is 10.8. The van der Waals surface area contributed by atoms with Crippen molar-refractivity contribution in [2.45, 2.75) is 13.5 Å². The zero-order chi connectivity index (χ0) is 14.4. The Labute approximate surface area is 120 Å². The van der Waals surface area contributed by atoms with Crippen LogP contribution in [0, 0.1) is 12.7 Å². The molecule has 0 spiro atoms. The van der Waals surface area contributed by atoms with Crippen LogP contribution in [0.3, 0.4) is 0 Å². The lowest BCUT2D eigenvalue weighted by atomic mass is 10.1. The van der Waals surface area contributed by atoms with E-state index in [0.717, 1.165) is 25.3 Å². The third kappa shape index (κ3) is 4.35. The van der Waals surface area contributed by atoms with Gasteiger partial charge in [0, 0.05) is 25.3 Å². The minimum Gasteiger partial charge on any atom is -0.384 e. The van der Waals surface area contributed by atoms with Crippen molar-refractivity contribution in [2.24, 2.45) is 0 Å². The average Bonchev–Trinajstić information content (AvgIpc) is 2.41. The van der Waals surface area contributed by atoms with Gasteiger partial charge in [-0.05, 0) is 43.3 Å². The Balaban J connectivity index is 1.78. The Kier molecular flexibility index (Phi) is 5.13. The van der Waals surface area contributed by atoms with Crippen LogP contribution in [-0.2, 0) is 6.54 Å². The fraction of sp³-hybridized carbons (Fsp3) is 0.294. The summed E-state index contributed by atoms with van der Waals surface area (Å²) < 4.78 is 13.0. The Morgan fingerprint density at radius 1 is 1.10 bits per heavy atom. The molecule has 0 saturated carbocycles. The highest BCUT2D eigenvalue weighted by Crippen LogP contribution is 2.10. The minimum absolute atomic E-state index is 0.205. The molecule has 0 aliphatic rings. The second kappa shape index (κ2) is 7.06. The van der Waals surface area contributed by atoms with Gasteiger partial charge in [0.2, 0.25) is 0 Å². The number of nitrogens with one attached hydrogen (secondary N) is 1. The highest BCUT2D eigenvalue weighted by molar-refractivity contribution is 5.42. The topological polar surface area (TPSA) is 15.3 Å². The highest BCUT2D eigenvalue weighted by atomic mass is 19.1. The number of halogens is 1. The molecule has 0 aromatic heterocycles. The van der Waals surface area contributed by atoms with Gasteiger partial charge in [-0.15, -0.1) is 0 Å². The molecule has 0 atom stereocenters. The molecule has 0 heterocycles. The SMILES string of the molecule is Cc1ccccc1CN(C)CCNc1cccc(F)c1. The van der Waals surface area contributed by atoms with E-state index in [9.17, 15) is 4.39 Å². The molecule has 20 heavy (non-hydrogen) atoms. The van der Waals surface area contributed by atoms with Gasteiger partial charge in [0.25, 0.3) is 0 Å². The quantitative estimate of drug-likeness (QED) is 0.863. The van der Waals surface area contributed by atoms with E-state index < -0.39 is 0 Å². The van der Waals surface area contributed by atoms with Crippen LogP contribution in [0.15, 0.2) is 48.5 Å². The van der Waals surface area contributed by atoms with Gasteiger partial charge in [-0.3, -0.25) is 0 Å².